The SMILES string of the molecule is CCc1c[n+](C)c(CC)[nH]1.O=P([O-])(O)O. The predicted octanol–water partition coefficient (Wildman–Crippen LogP) is -0.597. The summed E-state index contributed by atoms with van der Waals surface area (Å²) in [5.74, 6) is 1.30. The van der Waals surface area contributed by atoms with E-state index in [0.29, 0.717) is 0 Å². The van der Waals surface area contributed by atoms with Crippen LogP contribution in [0.25, 0.3) is 0 Å². The van der Waals surface area contributed by atoms with E-state index in [1.165, 1.54) is 11.5 Å². The number of phosphoric acid groups is 1. The first-order valence-corrected chi connectivity index (χ1v) is 6.13. The van der Waals surface area contributed by atoms with Gasteiger partial charge in [-0.05, 0) is 0 Å². The minimum Gasteiger partial charge on any atom is -0.756 e. The van der Waals surface area contributed by atoms with E-state index in [2.05, 4.69) is 36.6 Å². The molecule has 88 valence electrons. The highest BCUT2D eigenvalue weighted by molar-refractivity contribution is 7.43. The summed E-state index contributed by atoms with van der Waals surface area (Å²) in [7, 11) is -2.81. The fraction of sp³-hybridized carbons (Fsp3) is 0.625. The smallest absolute Gasteiger partial charge is 0.262 e. The minimum atomic E-state index is -4.89. The minimum absolute atomic E-state index is 1.08. The molecule has 0 aromatic carbocycles. The number of imidazole rings is 1. The summed E-state index contributed by atoms with van der Waals surface area (Å²) in [5, 5.41) is 0. The van der Waals surface area contributed by atoms with Gasteiger partial charge in [-0.15, -0.1) is 0 Å². The lowest BCUT2D eigenvalue weighted by molar-refractivity contribution is -0.677. The maximum Gasteiger partial charge on any atom is 0.262 e. The third-order valence-electron chi connectivity index (χ3n) is 1.80. The van der Waals surface area contributed by atoms with Crippen LogP contribution in [0.3, 0.4) is 0 Å². The van der Waals surface area contributed by atoms with Gasteiger partial charge in [0, 0.05) is 12.8 Å². The summed E-state index contributed by atoms with van der Waals surface area (Å²) >= 11 is 0. The van der Waals surface area contributed by atoms with Crippen LogP contribution in [0.2, 0.25) is 0 Å². The Balaban J connectivity index is 0.000000336. The van der Waals surface area contributed by atoms with Gasteiger partial charge in [0.05, 0.1) is 7.05 Å². The Morgan fingerprint density at radius 1 is 1.47 bits per heavy atom. The number of nitrogens with one attached hydrogen (secondary N) is 1. The molecule has 0 atom stereocenters. The van der Waals surface area contributed by atoms with E-state index in [1.54, 1.807) is 0 Å². The van der Waals surface area contributed by atoms with Gasteiger partial charge in [-0.2, -0.15) is 0 Å². The number of aryl methyl sites for hydroxylation is 3. The molecule has 3 N–H and O–H groups in total. The average Bonchev–Trinajstić information content (AvgIpc) is 2.43. The third kappa shape index (κ3) is 7.27. The van der Waals surface area contributed by atoms with Crippen molar-refractivity contribution in [2.45, 2.75) is 26.7 Å². The fourth-order valence-corrected chi connectivity index (χ4v) is 1.13. The molecule has 0 spiro atoms. The van der Waals surface area contributed by atoms with Crippen LogP contribution in [-0.2, 0) is 24.5 Å². The van der Waals surface area contributed by atoms with Crippen LogP contribution in [0, 0.1) is 0 Å². The van der Waals surface area contributed by atoms with Crippen molar-refractivity contribution >= 4 is 7.82 Å². The van der Waals surface area contributed by atoms with E-state index < -0.39 is 7.82 Å². The molecule has 0 aliphatic rings. The molecule has 0 aliphatic carbocycles. The zero-order chi connectivity index (χ0) is 12.1. The number of rotatable bonds is 2. The number of nitrogens with zero attached hydrogens (tertiary/aromatic N) is 1. The van der Waals surface area contributed by atoms with Gasteiger partial charge in [0.2, 0.25) is 0 Å². The van der Waals surface area contributed by atoms with Gasteiger partial charge in [0.15, 0.2) is 0 Å². The van der Waals surface area contributed by atoms with E-state index in [-0.39, 0.29) is 0 Å². The van der Waals surface area contributed by atoms with Crippen molar-refractivity contribution in [3.8, 4) is 0 Å². The van der Waals surface area contributed by atoms with E-state index in [9.17, 15) is 0 Å². The van der Waals surface area contributed by atoms with E-state index >= 15 is 0 Å². The van der Waals surface area contributed by atoms with E-state index in [0.717, 1.165) is 12.8 Å². The standard InChI is InChI=1S/C8H14N2.H3O4P/c1-4-7-6-10(3)8(5-2)9-7;1-5(2,3)4/h6H,4-5H2,1-3H3;(H3,1,2,3,4). The molecule has 0 amide bonds. The summed E-state index contributed by atoms with van der Waals surface area (Å²) in [4.78, 5) is 26.3. The number of hydrogen-bond acceptors (Lipinski definition) is 2. The molecule has 1 rings (SSSR count). The summed E-state index contributed by atoms with van der Waals surface area (Å²) in [5.41, 5.74) is 1.32. The summed E-state index contributed by atoms with van der Waals surface area (Å²) in [6.45, 7) is 4.32. The topological polar surface area (TPSA) is 100 Å². The maximum atomic E-state index is 8.77. The van der Waals surface area contributed by atoms with Crippen molar-refractivity contribution in [3.05, 3.63) is 17.7 Å². The van der Waals surface area contributed by atoms with Crippen molar-refractivity contribution in [3.63, 3.8) is 0 Å². The lowest BCUT2D eigenvalue weighted by atomic mass is 10.4. The highest BCUT2D eigenvalue weighted by Gasteiger charge is 2.07. The van der Waals surface area contributed by atoms with Gasteiger partial charge in [-0.25, -0.2) is 9.55 Å². The van der Waals surface area contributed by atoms with Gasteiger partial charge in [-0.1, -0.05) is 13.8 Å². The largest absolute Gasteiger partial charge is 0.756 e. The van der Waals surface area contributed by atoms with Gasteiger partial charge in [-0.3, -0.25) is 4.57 Å². The Hall–Kier alpha value is -0.680. The molecule has 0 saturated heterocycles. The van der Waals surface area contributed by atoms with Crippen molar-refractivity contribution in [2.24, 2.45) is 7.05 Å². The monoisotopic (exact) mass is 236 g/mol. The van der Waals surface area contributed by atoms with Crippen LogP contribution in [0.15, 0.2) is 6.20 Å². The Labute approximate surface area is 88.8 Å². The predicted molar refractivity (Wildman–Crippen MR) is 52.8 cm³/mol. The zero-order valence-corrected chi connectivity index (χ0v) is 9.99. The molecule has 0 radical (unpaired) electrons. The highest BCUT2D eigenvalue weighted by Crippen LogP contribution is 2.18. The molecule has 0 fully saturated rings. The third-order valence-corrected chi connectivity index (χ3v) is 1.80. The first kappa shape index (κ1) is 14.3. The van der Waals surface area contributed by atoms with Crippen LogP contribution >= 0.6 is 7.82 Å². The normalized spacial score (nSPS) is 10.8. The molecule has 6 nitrogen and oxygen atoms in total. The molecule has 0 unspecified atom stereocenters. The second kappa shape index (κ2) is 6.02. The van der Waals surface area contributed by atoms with Crippen LogP contribution < -0.4 is 9.46 Å². The first-order valence-electron chi connectivity index (χ1n) is 4.60. The lowest BCUT2D eigenvalue weighted by Gasteiger charge is -2.01. The molecule has 7 heteroatoms. The molecule has 1 aromatic heterocycles. The fourth-order valence-electron chi connectivity index (χ4n) is 1.13. The van der Waals surface area contributed by atoms with Crippen molar-refractivity contribution in [2.75, 3.05) is 0 Å². The van der Waals surface area contributed by atoms with Gasteiger partial charge in [0.25, 0.3) is 13.6 Å². The van der Waals surface area contributed by atoms with Crippen LogP contribution in [0.1, 0.15) is 25.4 Å². The maximum absolute atomic E-state index is 8.77. The summed E-state index contributed by atoms with van der Waals surface area (Å²) < 4.78 is 10.9. The second-order valence-corrected chi connectivity index (χ2v) is 4.02. The van der Waals surface area contributed by atoms with Crippen molar-refractivity contribution in [1.29, 1.82) is 0 Å². The molecule has 0 aliphatic heterocycles. The molecule has 0 bridgehead atoms. The number of aromatic nitrogens is 2. The molecule has 1 heterocycles. The van der Waals surface area contributed by atoms with Gasteiger partial charge < -0.3 is 14.7 Å². The van der Waals surface area contributed by atoms with E-state index in [1.807, 2.05) is 0 Å². The molecular formula is C8H17N2O4P. The zero-order valence-electron chi connectivity index (χ0n) is 9.10. The van der Waals surface area contributed by atoms with Gasteiger partial charge in [0.1, 0.15) is 11.9 Å². The molecule has 0 saturated carbocycles. The first-order chi connectivity index (χ1) is 6.77. The quantitative estimate of drug-likeness (QED) is 0.471. The second-order valence-electron chi connectivity index (χ2n) is 3.03. The Morgan fingerprint density at radius 3 is 2.13 bits per heavy atom. The summed E-state index contributed by atoms with van der Waals surface area (Å²) in [6.07, 6.45) is 4.32. The van der Waals surface area contributed by atoms with Crippen LogP contribution in [0.4, 0.5) is 0 Å². The Bertz CT molecular complexity index is 336. The Morgan fingerprint density at radius 2 is 1.93 bits per heavy atom. The van der Waals surface area contributed by atoms with E-state index in [4.69, 9.17) is 19.2 Å². The van der Waals surface area contributed by atoms with Gasteiger partial charge >= 0.3 is 0 Å². The molecule has 15 heavy (non-hydrogen) atoms. The highest BCUT2D eigenvalue weighted by atomic mass is 31.2. The van der Waals surface area contributed by atoms with Crippen molar-refractivity contribution < 1.29 is 23.8 Å². The number of H-pyrrole nitrogens is 1. The average molecular weight is 236 g/mol. The van der Waals surface area contributed by atoms with Crippen molar-refractivity contribution in [1.82, 2.24) is 4.98 Å². The van der Waals surface area contributed by atoms with Crippen LogP contribution in [0.5, 0.6) is 0 Å². The molecule has 1 aromatic rings. The number of aromatic amines is 1. The molecular weight excluding hydrogens is 219 g/mol. The summed E-state index contributed by atoms with van der Waals surface area (Å²) in [6, 6.07) is 0. The van der Waals surface area contributed by atoms with Crippen LogP contribution in [-0.4, -0.2) is 14.8 Å². The lowest BCUT2D eigenvalue weighted by Crippen LogP contribution is -2.29. The Kier molecular flexibility index (Phi) is 5.75. The number of hydrogen-bond donors (Lipinski definition) is 3.